The molecule has 0 aliphatic carbocycles. The van der Waals surface area contributed by atoms with Crippen molar-refractivity contribution in [1.82, 2.24) is 0 Å². The number of carbonyl (C=O) groups is 1. The number of non-ortho nitro benzene ring substituents is 1. The topological polar surface area (TPSA) is 150 Å². The first-order chi connectivity index (χ1) is 8.38. The highest BCUT2D eigenvalue weighted by molar-refractivity contribution is 5.96. The molecule has 0 fully saturated rings. The fourth-order valence-electron chi connectivity index (χ4n) is 1.50. The summed E-state index contributed by atoms with van der Waals surface area (Å²) in [5.41, 5.74) is 3.37. The lowest BCUT2D eigenvalue weighted by atomic mass is 10.0. The van der Waals surface area contributed by atoms with Crippen molar-refractivity contribution < 1.29 is 19.7 Å². The first-order valence-electron chi connectivity index (χ1n) is 4.74. The number of nitrogens with zero attached hydrogens (tertiary/aromatic N) is 2. The number of nitro benzene ring substituents is 2. The van der Waals surface area contributed by atoms with Crippen LogP contribution in [0.4, 0.5) is 11.4 Å². The first kappa shape index (κ1) is 13.5. The number of benzene rings is 1. The Kier molecular flexibility index (Phi) is 3.89. The Bertz CT molecular complexity index is 492. The molecule has 0 spiro atoms. The van der Waals surface area contributed by atoms with Crippen molar-refractivity contribution in [2.24, 2.45) is 5.73 Å². The maximum Gasteiger partial charge on any atom is 0.280 e. The van der Waals surface area contributed by atoms with Gasteiger partial charge in [-0.15, -0.1) is 0 Å². The molecule has 0 unspecified atom stereocenters. The van der Waals surface area contributed by atoms with E-state index in [1.807, 2.05) is 0 Å². The van der Waals surface area contributed by atoms with Gasteiger partial charge in [-0.2, -0.15) is 0 Å². The zero-order chi connectivity index (χ0) is 13.9. The van der Waals surface area contributed by atoms with Gasteiger partial charge in [0.05, 0.1) is 21.5 Å². The summed E-state index contributed by atoms with van der Waals surface area (Å²) in [4.78, 5) is 30.8. The molecule has 0 bridgehead atoms. The Morgan fingerprint density at radius 2 is 1.89 bits per heavy atom. The third kappa shape index (κ3) is 2.58. The monoisotopic (exact) mass is 255 g/mol. The fourth-order valence-corrected chi connectivity index (χ4v) is 1.50. The van der Waals surface area contributed by atoms with Crippen LogP contribution in [0, 0.1) is 20.2 Å². The predicted octanol–water partition coefficient (Wildman–Crippen LogP) is 0.137. The molecule has 18 heavy (non-hydrogen) atoms. The molecular weight excluding hydrogens is 246 g/mol. The van der Waals surface area contributed by atoms with Crippen molar-refractivity contribution in [2.45, 2.75) is 6.42 Å². The maximum atomic E-state index is 11.1. The van der Waals surface area contributed by atoms with Gasteiger partial charge in [0.15, 0.2) is 0 Å². The molecule has 1 aromatic carbocycles. The van der Waals surface area contributed by atoms with E-state index in [0.29, 0.717) is 0 Å². The number of hydrogen-bond donors (Lipinski definition) is 2. The van der Waals surface area contributed by atoms with Crippen molar-refractivity contribution in [3.63, 3.8) is 0 Å². The second-order valence-electron chi connectivity index (χ2n) is 3.34. The smallest absolute Gasteiger partial charge is 0.280 e. The Hall–Kier alpha value is -2.55. The minimum Gasteiger partial charge on any atom is -0.396 e. The molecule has 1 rings (SSSR count). The molecule has 0 aliphatic heterocycles. The standard InChI is InChI=1S/C9H9N3O6/c10-9(14)7-3-5(11(15)16)4-8(12(17)18)6(7)1-2-13/h3-4,13H,1-2H2,(H2,10,14). The van der Waals surface area contributed by atoms with Crippen molar-refractivity contribution in [3.8, 4) is 0 Å². The SMILES string of the molecule is NC(=O)c1cc([N+](=O)[O-])cc([N+](=O)[O-])c1CCO. The van der Waals surface area contributed by atoms with Crippen LogP contribution in [0.1, 0.15) is 15.9 Å². The van der Waals surface area contributed by atoms with Crippen LogP contribution in [0.15, 0.2) is 12.1 Å². The zero-order valence-electron chi connectivity index (χ0n) is 9.03. The molecule has 0 saturated heterocycles. The minimum atomic E-state index is -1.02. The molecule has 0 heterocycles. The highest BCUT2D eigenvalue weighted by atomic mass is 16.6. The average Bonchev–Trinajstić information content (AvgIpc) is 2.28. The number of nitro groups is 2. The van der Waals surface area contributed by atoms with Crippen molar-refractivity contribution in [3.05, 3.63) is 43.5 Å². The number of primary amides is 1. The average molecular weight is 255 g/mol. The summed E-state index contributed by atoms with van der Waals surface area (Å²) in [7, 11) is 0. The van der Waals surface area contributed by atoms with Gasteiger partial charge in [0.25, 0.3) is 11.4 Å². The van der Waals surface area contributed by atoms with Crippen LogP contribution in [0.3, 0.4) is 0 Å². The van der Waals surface area contributed by atoms with Gasteiger partial charge >= 0.3 is 0 Å². The Balaban J connectivity index is 3.59. The third-order valence-electron chi connectivity index (χ3n) is 2.25. The van der Waals surface area contributed by atoms with E-state index in [1.165, 1.54) is 0 Å². The summed E-state index contributed by atoms with van der Waals surface area (Å²) in [5.74, 6) is -1.02. The third-order valence-corrected chi connectivity index (χ3v) is 2.25. The Labute approximate surface area is 100 Å². The van der Waals surface area contributed by atoms with Crippen LogP contribution in [-0.2, 0) is 6.42 Å². The molecular formula is C9H9N3O6. The summed E-state index contributed by atoms with van der Waals surface area (Å²) < 4.78 is 0. The largest absolute Gasteiger partial charge is 0.396 e. The zero-order valence-corrected chi connectivity index (χ0v) is 9.03. The number of nitrogens with two attached hydrogens (primary N) is 1. The highest BCUT2D eigenvalue weighted by Crippen LogP contribution is 2.28. The Morgan fingerprint density at radius 3 is 2.28 bits per heavy atom. The molecule has 0 radical (unpaired) electrons. The van der Waals surface area contributed by atoms with Gasteiger partial charge in [-0.3, -0.25) is 25.0 Å². The number of amides is 1. The molecule has 1 amide bonds. The van der Waals surface area contributed by atoms with Gasteiger partial charge < -0.3 is 10.8 Å². The summed E-state index contributed by atoms with van der Waals surface area (Å²) in [6.07, 6.45) is -0.188. The summed E-state index contributed by atoms with van der Waals surface area (Å²) in [5, 5.41) is 30.2. The van der Waals surface area contributed by atoms with Gasteiger partial charge in [0, 0.05) is 24.7 Å². The van der Waals surface area contributed by atoms with Gasteiger partial charge in [0.2, 0.25) is 5.91 Å². The first-order valence-corrected chi connectivity index (χ1v) is 4.74. The number of hydrogen-bond acceptors (Lipinski definition) is 6. The molecule has 0 aliphatic rings. The molecule has 96 valence electrons. The van der Waals surface area contributed by atoms with Crippen LogP contribution >= 0.6 is 0 Å². The number of carbonyl (C=O) groups excluding carboxylic acids is 1. The van der Waals surface area contributed by atoms with Gasteiger partial charge in [-0.05, 0) is 0 Å². The summed E-state index contributed by atoms with van der Waals surface area (Å²) in [6, 6.07) is 1.59. The van der Waals surface area contributed by atoms with Gasteiger partial charge in [-0.1, -0.05) is 0 Å². The van der Waals surface area contributed by atoms with Gasteiger partial charge in [0.1, 0.15) is 0 Å². The lowest BCUT2D eigenvalue weighted by Gasteiger charge is -2.06. The minimum absolute atomic E-state index is 0.111. The molecule has 1 aromatic rings. The summed E-state index contributed by atoms with van der Waals surface area (Å²) >= 11 is 0. The van der Waals surface area contributed by atoms with Crippen LogP contribution in [0.5, 0.6) is 0 Å². The fraction of sp³-hybridized carbons (Fsp3) is 0.222. The Morgan fingerprint density at radius 1 is 1.28 bits per heavy atom. The second kappa shape index (κ2) is 5.19. The van der Waals surface area contributed by atoms with E-state index >= 15 is 0 Å². The highest BCUT2D eigenvalue weighted by Gasteiger charge is 2.25. The molecule has 9 heteroatoms. The number of aliphatic hydroxyl groups is 1. The van der Waals surface area contributed by atoms with Crippen LogP contribution in [0.25, 0.3) is 0 Å². The predicted molar refractivity (Wildman–Crippen MR) is 59.1 cm³/mol. The van der Waals surface area contributed by atoms with Crippen LogP contribution in [-0.4, -0.2) is 27.5 Å². The lowest BCUT2D eigenvalue weighted by molar-refractivity contribution is -0.394. The number of aliphatic hydroxyl groups excluding tert-OH is 1. The second-order valence-corrected chi connectivity index (χ2v) is 3.34. The maximum absolute atomic E-state index is 11.1. The molecule has 0 atom stereocenters. The molecule has 0 aromatic heterocycles. The van der Waals surface area contributed by atoms with E-state index in [-0.39, 0.29) is 17.5 Å². The van der Waals surface area contributed by atoms with Crippen LogP contribution in [0.2, 0.25) is 0 Å². The molecule has 3 N–H and O–H groups in total. The van der Waals surface area contributed by atoms with Crippen molar-refractivity contribution in [1.29, 1.82) is 0 Å². The normalized spacial score (nSPS) is 10.1. The van der Waals surface area contributed by atoms with E-state index in [4.69, 9.17) is 10.8 Å². The van der Waals surface area contributed by atoms with Crippen molar-refractivity contribution in [2.75, 3.05) is 6.61 Å². The van der Waals surface area contributed by atoms with Crippen molar-refractivity contribution >= 4 is 17.3 Å². The van der Waals surface area contributed by atoms with E-state index < -0.39 is 33.7 Å². The van der Waals surface area contributed by atoms with E-state index in [9.17, 15) is 25.0 Å². The summed E-state index contributed by atoms with van der Waals surface area (Å²) in [6.45, 7) is -0.446. The van der Waals surface area contributed by atoms with Gasteiger partial charge in [-0.25, -0.2) is 0 Å². The number of rotatable bonds is 5. The molecule has 9 nitrogen and oxygen atoms in total. The molecule has 0 saturated carbocycles. The van der Waals surface area contributed by atoms with E-state index in [0.717, 1.165) is 12.1 Å². The van der Waals surface area contributed by atoms with E-state index in [2.05, 4.69) is 0 Å². The quantitative estimate of drug-likeness (QED) is 0.564. The van der Waals surface area contributed by atoms with E-state index in [1.54, 1.807) is 0 Å². The van der Waals surface area contributed by atoms with Crippen LogP contribution < -0.4 is 5.73 Å². The lowest BCUT2D eigenvalue weighted by Crippen LogP contribution is -2.16.